The lowest BCUT2D eigenvalue weighted by Gasteiger charge is -1.74. The molecule has 3 heteroatoms. The van der Waals surface area contributed by atoms with Crippen LogP contribution in [0, 0.1) is 19.8 Å². The lowest BCUT2D eigenvalue weighted by molar-refractivity contribution is 0.477. The highest BCUT2D eigenvalue weighted by Crippen LogP contribution is 2.04. The molecular formula is C5H6FNO. The summed E-state index contributed by atoms with van der Waals surface area (Å²) >= 11 is 0. The average molecular weight is 115 g/mol. The van der Waals surface area contributed by atoms with Crippen molar-refractivity contribution >= 4 is 0 Å². The molecule has 0 fully saturated rings. The van der Waals surface area contributed by atoms with Gasteiger partial charge in [-0.3, -0.25) is 0 Å². The van der Waals surface area contributed by atoms with Gasteiger partial charge in [0.25, 0.3) is 5.95 Å². The molecule has 0 aliphatic carbocycles. The fraction of sp³-hybridized carbons (Fsp3) is 0.400. The molecule has 0 bridgehead atoms. The highest BCUT2D eigenvalue weighted by Gasteiger charge is 2.02. The minimum Gasteiger partial charge on any atom is -0.443 e. The summed E-state index contributed by atoms with van der Waals surface area (Å²) < 4.78 is 16.9. The molecule has 0 saturated heterocycles. The molecule has 1 heterocycles. The van der Waals surface area contributed by atoms with E-state index in [4.69, 9.17) is 4.42 Å². The van der Waals surface area contributed by atoms with E-state index in [1.807, 2.05) is 0 Å². The molecule has 0 aliphatic heterocycles. The molecule has 0 aliphatic rings. The SMILES string of the molecule is Cc1nc(F)c(C)o1. The number of rotatable bonds is 0. The van der Waals surface area contributed by atoms with Gasteiger partial charge in [0.15, 0.2) is 11.7 Å². The van der Waals surface area contributed by atoms with E-state index in [1.165, 1.54) is 6.92 Å². The Kier molecular flexibility index (Phi) is 1.04. The molecular weight excluding hydrogens is 109 g/mol. The number of hydrogen-bond donors (Lipinski definition) is 0. The van der Waals surface area contributed by atoms with Crippen LogP contribution in [0.1, 0.15) is 11.7 Å². The zero-order valence-electron chi connectivity index (χ0n) is 4.73. The number of hydrogen-bond acceptors (Lipinski definition) is 2. The second-order valence-electron chi connectivity index (χ2n) is 1.58. The van der Waals surface area contributed by atoms with Gasteiger partial charge < -0.3 is 4.42 Å². The van der Waals surface area contributed by atoms with Gasteiger partial charge in [-0.1, -0.05) is 0 Å². The van der Waals surface area contributed by atoms with Crippen molar-refractivity contribution in [3.05, 3.63) is 17.6 Å². The maximum atomic E-state index is 12.1. The second-order valence-corrected chi connectivity index (χ2v) is 1.58. The largest absolute Gasteiger partial charge is 0.443 e. The predicted octanol–water partition coefficient (Wildman–Crippen LogP) is 1.43. The van der Waals surface area contributed by atoms with E-state index in [0.29, 0.717) is 5.89 Å². The third kappa shape index (κ3) is 0.710. The van der Waals surface area contributed by atoms with E-state index in [1.54, 1.807) is 6.92 Å². The van der Waals surface area contributed by atoms with E-state index < -0.39 is 5.95 Å². The lowest BCUT2D eigenvalue weighted by Crippen LogP contribution is -1.72. The molecule has 1 rings (SSSR count). The second kappa shape index (κ2) is 1.58. The van der Waals surface area contributed by atoms with Crippen molar-refractivity contribution in [3.63, 3.8) is 0 Å². The molecule has 0 N–H and O–H groups in total. The van der Waals surface area contributed by atoms with Gasteiger partial charge in [-0.15, -0.1) is 0 Å². The molecule has 1 aromatic heterocycles. The summed E-state index contributed by atoms with van der Waals surface area (Å²) in [6.45, 7) is 3.14. The molecule has 0 spiro atoms. The van der Waals surface area contributed by atoms with Crippen molar-refractivity contribution in [3.8, 4) is 0 Å². The smallest absolute Gasteiger partial charge is 0.254 e. The Morgan fingerprint density at radius 2 is 2.12 bits per heavy atom. The third-order valence-electron chi connectivity index (χ3n) is 0.847. The molecule has 44 valence electrons. The summed E-state index contributed by atoms with van der Waals surface area (Å²) in [5, 5.41) is 0. The van der Waals surface area contributed by atoms with Crippen molar-refractivity contribution in [1.29, 1.82) is 0 Å². The Bertz CT molecular complexity index is 175. The monoisotopic (exact) mass is 115 g/mol. The van der Waals surface area contributed by atoms with Crippen LogP contribution < -0.4 is 0 Å². The molecule has 0 radical (unpaired) electrons. The van der Waals surface area contributed by atoms with Crippen LogP contribution in [0.15, 0.2) is 4.42 Å². The highest BCUT2D eigenvalue weighted by molar-refractivity contribution is 4.91. The first-order chi connectivity index (χ1) is 3.70. The molecule has 0 saturated carbocycles. The van der Waals surface area contributed by atoms with Crippen molar-refractivity contribution < 1.29 is 8.81 Å². The van der Waals surface area contributed by atoms with Gasteiger partial charge in [-0.25, -0.2) is 0 Å². The standard InChI is InChI=1S/C5H6FNO/c1-3-5(6)7-4(2)8-3/h1-2H3. The minimum atomic E-state index is -0.512. The zero-order valence-corrected chi connectivity index (χ0v) is 4.73. The molecule has 2 nitrogen and oxygen atoms in total. The quantitative estimate of drug-likeness (QED) is 0.511. The number of aryl methyl sites for hydroxylation is 2. The Hall–Kier alpha value is -0.860. The average Bonchev–Trinajstić information content (AvgIpc) is 1.85. The van der Waals surface area contributed by atoms with Crippen LogP contribution in [0.4, 0.5) is 4.39 Å². The fourth-order valence-corrected chi connectivity index (χ4v) is 0.503. The van der Waals surface area contributed by atoms with E-state index in [-0.39, 0.29) is 5.76 Å². The normalized spacial score (nSPS) is 9.88. The summed E-state index contributed by atoms with van der Waals surface area (Å²) in [4.78, 5) is 3.38. The van der Waals surface area contributed by atoms with Crippen LogP contribution in [-0.4, -0.2) is 4.98 Å². The highest BCUT2D eigenvalue weighted by atomic mass is 19.1. The lowest BCUT2D eigenvalue weighted by atomic mass is 10.6. The molecule has 0 atom stereocenters. The third-order valence-corrected chi connectivity index (χ3v) is 0.847. The van der Waals surface area contributed by atoms with Crippen LogP contribution in [0.5, 0.6) is 0 Å². The number of aromatic nitrogens is 1. The van der Waals surface area contributed by atoms with Gasteiger partial charge in [0, 0.05) is 6.92 Å². The maximum Gasteiger partial charge on any atom is 0.254 e. The zero-order chi connectivity index (χ0) is 6.15. The summed E-state index contributed by atoms with van der Waals surface area (Å²) in [6, 6.07) is 0. The van der Waals surface area contributed by atoms with Crippen LogP contribution in [-0.2, 0) is 0 Å². The molecule has 0 aromatic carbocycles. The molecule has 8 heavy (non-hydrogen) atoms. The Morgan fingerprint density at radius 1 is 1.50 bits per heavy atom. The summed E-state index contributed by atoms with van der Waals surface area (Å²) in [5.74, 6) is 0.116. The number of halogens is 1. The van der Waals surface area contributed by atoms with E-state index in [2.05, 4.69) is 4.98 Å². The van der Waals surface area contributed by atoms with Gasteiger partial charge in [-0.05, 0) is 6.92 Å². The van der Waals surface area contributed by atoms with Gasteiger partial charge in [0.1, 0.15) is 0 Å². The summed E-state index contributed by atoms with van der Waals surface area (Å²) in [5.41, 5.74) is 0. The summed E-state index contributed by atoms with van der Waals surface area (Å²) in [7, 11) is 0. The van der Waals surface area contributed by atoms with Gasteiger partial charge >= 0.3 is 0 Å². The topological polar surface area (TPSA) is 26.0 Å². The first-order valence-electron chi connectivity index (χ1n) is 2.29. The first kappa shape index (κ1) is 5.28. The van der Waals surface area contributed by atoms with Crippen molar-refractivity contribution in [2.24, 2.45) is 0 Å². The van der Waals surface area contributed by atoms with Gasteiger partial charge in [0.05, 0.1) is 0 Å². The van der Waals surface area contributed by atoms with Crippen molar-refractivity contribution in [1.82, 2.24) is 4.98 Å². The maximum absolute atomic E-state index is 12.1. The Balaban J connectivity index is 3.14. The van der Waals surface area contributed by atoms with Crippen molar-refractivity contribution in [2.75, 3.05) is 0 Å². The minimum absolute atomic E-state index is 0.252. The van der Waals surface area contributed by atoms with Crippen LogP contribution in [0.3, 0.4) is 0 Å². The molecule has 1 aromatic rings. The Labute approximate surface area is 46.3 Å². The number of oxazole rings is 1. The van der Waals surface area contributed by atoms with Gasteiger partial charge in [-0.2, -0.15) is 9.37 Å². The van der Waals surface area contributed by atoms with Gasteiger partial charge in [0.2, 0.25) is 0 Å². The number of nitrogens with zero attached hydrogens (tertiary/aromatic N) is 1. The predicted molar refractivity (Wildman–Crippen MR) is 25.9 cm³/mol. The molecule has 0 unspecified atom stereocenters. The van der Waals surface area contributed by atoms with E-state index >= 15 is 0 Å². The van der Waals surface area contributed by atoms with Crippen molar-refractivity contribution in [2.45, 2.75) is 13.8 Å². The van der Waals surface area contributed by atoms with Crippen LogP contribution >= 0.6 is 0 Å². The first-order valence-corrected chi connectivity index (χ1v) is 2.29. The molecule has 0 amide bonds. The Morgan fingerprint density at radius 3 is 2.25 bits per heavy atom. The van der Waals surface area contributed by atoms with Crippen LogP contribution in [0.25, 0.3) is 0 Å². The van der Waals surface area contributed by atoms with E-state index in [0.717, 1.165) is 0 Å². The fourth-order valence-electron chi connectivity index (χ4n) is 0.503. The summed E-state index contributed by atoms with van der Waals surface area (Å²) in [6.07, 6.45) is 0. The van der Waals surface area contributed by atoms with Crippen LogP contribution in [0.2, 0.25) is 0 Å². The van der Waals surface area contributed by atoms with E-state index in [9.17, 15) is 4.39 Å².